The molecule has 0 atom stereocenters. The van der Waals surface area contributed by atoms with E-state index < -0.39 is 0 Å². The minimum absolute atomic E-state index is 0.0517. The number of hydrogen-bond donors (Lipinski definition) is 2. The lowest BCUT2D eigenvalue weighted by Crippen LogP contribution is -2.43. The number of rotatable bonds is 11. The van der Waals surface area contributed by atoms with E-state index in [-0.39, 0.29) is 18.1 Å². The van der Waals surface area contributed by atoms with Crippen LogP contribution in [0.4, 0.5) is 0 Å². The Kier molecular flexibility index (Phi) is 8.71. The number of thioether (sulfide) groups is 1. The van der Waals surface area contributed by atoms with Crippen LogP contribution in [0.2, 0.25) is 0 Å². The molecule has 2 aromatic rings. The highest BCUT2D eigenvalue weighted by Gasteiger charge is 2.15. The summed E-state index contributed by atoms with van der Waals surface area (Å²) in [6.07, 6.45) is 0.999. The maximum absolute atomic E-state index is 11.9. The summed E-state index contributed by atoms with van der Waals surface area (Å²) in [6.45, 7) is 7.34. The van der Waals surface area contributed by atoms with Crippen molar-refractivity contribution in [2.75, 3.05) is 26.0 Å². The van der Waals surface area contributed by atoms with E-state index in [0.717, 1.165) is 36.0 Å². The molecule has 1 aromatic carbocycles. The number of carbonyl (C=O) groups excluding carboxylic acids is 1. The molecule has 0 unspecified atom stereocenters. The molecule has 0 aliphatic carbocycles. The number of aryl methyl sites for hydroxylation is 1. The number of benzene rings is 1. The largest absolute Gasteiger partial charge is 0.493 e. The SMILES string of the molecule is COc1cc(CNCCCSc2nnnn2C)ccc1OCC(=O)NC(C)(C)C. The van der Waals surface area contributed by atoms with E-state index in [1.54, 1.807) is 23.6 Å². The van der Waals surface area contributed by atoms with Crippen molar-refractivity contribution >= 4 is 17.7 Å². The van der Waals surface area contributed by atoms with Gasteiger partial charge in [0.05, 0.1) is 7.11 Å². The number of ether oxygens (including phenoxy) is 2. The molecule has 0 aliphatic heterocycles. The van der Waals surface area contributed by atoms with Gasteiger partial charge in [0.25, 0.3) is 5.91 Å². The van der Waals surface area contributed by atoms with Gasteiger partial charge in [0, 0.05) is 24.9 Å². The maximum atomic E-state index is 11.9. The van der Waals surface area contributed by atoms with Crippen molar-refractivity contribution in [2.24, 2.45) is 7.05 Å². The molecule has 0 radical (unpaired) electrons. The topological polar surface area (TPSA) is 103 Å². The van der Waals surface area contributed by atoms with E-state index >= 15 is 0 Å². The second-order valence-electron chi connectivity index (χ2n) is 7.54. The van der Waals surface area contributed by atoms with Crippen molar-refractivity contribution in [3.8, 4) is 11.5 Å². The van der Waals surface area contributed by atoms with E-state index in [1.807, 2.05) is 46.0 Å². The molecule has 1 aromatic heterocycles. The predicted molar refractivity (Wildman–Crippen MR) is 112 cm³/mol. The Bertz CT molecular complexity index is 790. The van der Waals surface area contributed by atoms with Gasteiger partial charge in [0.1, 0.15) is 0 Å². The van der Waals surface area contributed by atoms with Gasteiger partial charge < -0.3 is 20.1 Å². The van der Waals surface area contributed by atoms with Crippen LogP contribution in [-0.4, -0.2) is 57.7 Å². The Labute approximate surface area is 175 Å². The fraction of sp³-hybridized carbons (Fsp3) is 0.579. The van der Waals surface area contributed by atoms with Gasteiger partial charge in [-0.15, -0.1) is 5.10 Å². The quantitative estimate of drug-likeness (QED) is 0.417. The number of nitrogens with one attached hydrogen (secondary N) is 2. The second kappa shape index (κ2) is 11.0. The number of aromatic nitrogens is 4. The van der Waals surface area contributed by atoms with Crippen LogP contribution in [0.5, 0.6) is 11.5 Å². The Morgan fingerprint density at radius 1 is 1.28 bits per heavy atom. The van der Waals surface area contributed by atoms with E-state index in [9.17, 15) is 4.79 Å². The molecule has 160 valence electrons. The summed E-state index contributed by atoms with van der Waals surface area (Å²) in [5, 5.41) is 18.5. The van der Waals surface area contributed by atoms with Crippen LogP contribution < -0.4 is 20.1 Å². The summed E-state index contributed by atoms with van der Waals surface area (Å²) in [5.41, 5.74) is 0.794. The highest BCUT2D eigenvalue weighted by molar-refractivity contribution is 7.99. The van der Waals surface area contributed by atoms with Crippen molar-refractivity contribution in [1.82, 2.24) is 30.8 Å². The van der Waals surface area contributed by atoms with Gasteiger partial charge >= 0.3 is 0 Å². The van der Waals surface area contributed by atoms with Crippen molar-refractivity contribution in [1.29, 1.82) is 0 Å². The number of tetrazole rings is 1. The summed E-state index contributed by atoms with van der Waals surface area (Å²) in [7, 11) is 3.42. The minimum atomic E-state index is -0.288. The highest BCUT2D eigenvalue weighted by atomic mass is 32.2. The van der Waals surface area contributed by atoms with E-state index in [0.29, 0.717) is 11.5 Å². The fourth-order valence-corrected chi connectivity index (χ4v) is 3.26. The monoisotopic (exact) mass is 422 g/mol. The van der Waals surface area contributed by atoms with Gasteiger partial charge in [-0.05, 0) is 61.9 Å². The van der Waals surface area contributed by atoms with Crippen LogP contribution in [-0.2, 0) is 18.4 Å². The summed E-state index contributed by atoms with van der Waals surface area (Å²) in [6, 6.07) is 5.72. The number of methoxy groups -OCH3 is 1. The fourth-order valence-electron chi connectivity index (χ4n) is 2.48. The van der Waals surface area contributed by atoms with Gasteiger partial charge in [-0.3, -0.25) is 4.79 Å². The Hall–Kier alpha value is -2.33. The van der Waals surface area contributed by atoms with Crippen LogP contribution in [0, 0.1) is 0 Å². The zero-order chi connectivity index (χ0) is 21.3. The lowest BCUT2D eigenvalue weighted by atomic mass is 10.1. The Morgan fingerprint density at radius 2 is 2.07 bits per heavy atom. The van der Waals surface area contributed by atoms with Gasteiger partial charge in [0.15, 0.2) is 18.1 Å². The third-order valence-corrected chi connectivity index (χ3v) is 4.84. The predicted octanol–water partition coefficient (Wildman–Crippen LogP) is 1.78. The summed E-state index contributed by atoms with van der Waals surface area (Å²) >= 11 is 1.64. The zero-order valence-corrected chi connectivity index (χ0v) is 18.5. The molecule has 1 amide bonds. The third-order valence-electron chi connectivity index (χ3n) is 3.74. The first-order valence-electron chi connectivity index (χ1n) is 9.45. The molecular formula is C19H30N6O3S. The third kappa shape index (κ3) is 8.28. The van der Waals surface area contributed by atoms with Crippen LogP contribution in [0.25, 0.3) is 0 Å². The van der Waals surface area contributed by atoms with Crippen molar-refractivity contribution < 1.29 is 14.3 Å². The molecule has 2 N–H and O–H groups in total. The summed E-state index contributed by atoms with van der Waals surface area (Å²) in [5.74, 6) is 1.93. The average Bonchev–Trinajstić information content (AvgIpc) is 3.06. The van der Waals surface area contributed by atoms with Gasteiger partial charge in [-0.25, -0.2) is 4.68 Å². The lowest BCUT2D eigenvalue weighted by molar-refractivity contribution is -0.124. The number of amides is 1. The van der Waals surface area contributed by atoms with Gasteiger partial charge in [-0.2, -0.15) is 0 Å². The maximum Gasteiger partial charge on any atom is 0.258 e. The first-order valence-corrected chi connectivity index (χ1v) is 10.4. The first kappa shape index (κ1) is 23.0. The molecular weight excluding hydrogens is 392 g/mol. The standard InChI is InChI=1S/C19H30N6O3S/c1-19(2,3)21-17(26)13-28-15-8-7-14(11-16(15)27-5)12-20-9-6-10-29-18-22-23-24-25(18)4/h7-8,11,20H,6,9-10,12-13H2,1-5H3,(H,21,26). The minimum Gasteiger partial charge on any atom is -0.493 e. The Balaban J connectivity index is 1.73. The molecule has 0 aliphatic rings. The molecule has 9 nitrogen and oxygen atoms in total. The molecule has 10 heteroatoms. The van der Waals surface area contributed by atoms with E-state index in [4.69, 9.17) is 9.47 Å². The molecule has 2 rings (SSSR count). The van der Waals surface area contributed by atoms with Gasteiger partial charge in [0.2, 0.25) is 5.16 Å². The molecule has 0 fully saturated rings. The van der Waals surface area contributed by atoms with Crippen molar-refractivity contribution in [3.63, 3.8) is 0 Å². The first-order chi connectivity index (χ1) is 13.8. The van der Waals surface area contributed by atoms with Crippen LogP contribution in [0.3, 0.4) is 0 Å². The van der Waals surface area contributed by atoms with Crippen LogP contribution >= 0.6 is 11.8 Å². The van der Waals surface area contributed by atoms with E-state index in [2.05, 4.69) is 26.2 Å². The molecule has 0 saturated heterocycles. The molecule has 29 heavy (non-hydrogen) atoms. The van der Waals surface area contributed by atoms with Gasteiger partial charge in [-0.1, -0.05) is 17.8 Å². The normalized spacial score (nSPS) is 11.3. The highest BCUT2D eigenvalue weighted by Crippen LogP contribution is 2.28. The molecule has 1 heterocycles. The van der Waals surface area contributed by atoms with Crippen LogP contribution in [0.15, 0.2) is 23.4 Å². The Morgan fingerprint density at radius 3 is 2.72 bits per heavy atom. The number of carbonyl (C=O) groups is 1. The van der Waals surface area contributed by atoms with Crippen molar-refractivity contribution in [2.45, 2.75) is 44.4 Å². The second-order valence-corrected chi connectivity index (χ2v) is 8.60. The molecule has 0 spiro atoms. The van der Waals surface area contributed by atoms with Crippen LogP contribution in [0.1, 0.15) is 32.8 Å². The number of hydrogen-bond acceptors (Lipinski definition) is 8. The molecule has 0 saturated carbocycles. The average molecular weight is 423 g/mol. The zero-order valence-electron chi connectivity index (χ0n) is 17.7. The van der Waals surface area contributed by atoms with Crippen molar-refractivity contribution in [3.05, 3.63) is 23.8 Å². The lowest BCUT2D eigenvalue weighted by Gasteiger charge is -2.20. The summed E-state index contributed by atoms with van der Waals surface area (Å²) < 4.78 is 12.7. The molecule has 0 bridgehead atoms. The van der Waals surface area contributed by atoms with E-state index in [1.165, 1.54) is 0 Å². The summed E-state index contributed by atoms with van der Waals surface area (Å²) in [4.78, 5) is 11.9. The smallest absolute Gasteiger partial charge is 0.258 e. The number of nitrogens with zero attached hydrogens (tertiary/aromatic N) is 4.